The summed E-state index contributed by atoms with van der Waals surface area (Å²) in [7, 11) is 0. The van der Waals surface area contributed by atoms with E-state index < -0.39 is 0 Å². The van der Waals surface area contributed by atoms with Gasteiger partial charge in [-0.1, -0.05) is 36.2 Å². The fraction of sp³-hybridized carbons (Fsp3) is 0.316. The SMILES string of the molecule is Cc1ccc(C2(c3c[nH]c4cnc(C)cc34)CCC2)cc1. The Morgan fingerprint density at radius 1 is 1.10 bits per heavy atom. The maximum atomic E-state index is 4.40. The highest BCUT2D eigenvalue weighted by atomic mass is 14.7. The van der Waals surface area contributed by atoms with Gasteiger partial charge in [-0.25, -0.2) is 0 Å². The predicted octanol–water partition coefficient (Wildman–Crippen LogP) is 4.65. The maximum absolute atomic E-state index is 4.40. The molecule has 2 nitrogen and oxygen atoms in total. The number of fused-ring (bicyclic) bond motifs is 1. The molecule has 3 aromatic rings. The molecule has 1 N–H and O–H groups in total. The lowest BCUT2D eigenvalue weighted by molar-refractivity contribution is 0.304. The lowest BCUT2D eigenvalue weighted by Crippen LogP contribution is -2.35. The van der Waals surface area contributed by atoms with Crippen molar-refractivity contribution >= 4 is 10.9 Å². The molecule has 0 atom stereocenters. The van der Waals surface area contributed by atoms with E-state index in [-0.39, 0.29) is 5.41 Å². The Hall–Kier alpha value is -2.09. The molecule has 1 aliphatic carbocycles. The van der Waals surface area contributed by atoms with E-state index in [1.54, 1.807) is 0 Å². The average Bonchev–Trinajstić information content (AvgIpc) is 2.83. The van der Waals surface area contributed by atoms with Gasteiger partial charge in [0.2, 0.25) is 0 Å². The molecule has 2 heteroatoms. The molecular weight excluding hydrogens is 256 g/mol. The van der Waals surface area contributed by atoms with Crippen LogP contribution < -0.4 is 0 Å². The first-order valence-corrected chi connectivity index (χ1v) is 7.70. The van der Waals surface area contributed by atoms with Gasteiger partial charge in [-0.3, -0.25) is 4.98 Å². The lowest BCUT2D eigenvalue weighted by atomic mass is 9.60. The van der Waals surface area contributed by atoms with Crippen molar-refractivity contribution < 1.29 is 0 Å². The Morgan fingerprint density at radius 2 is 1.86 bits per heavy atom. The second-order valence-electron chi connectivity index (χ2n) is 6.38. The van der Waals surface area contributed by atoms with E-state index in [1.807, 2.05) is 6.20 Å². The molecule has 1 saturated carbocycles. The second kappa shape index (κ2) is 4.45. The standard InChI is InChI=1S/C19H20N2/c1-13-4-6-15(7-5-13)19(8-3-9-19)17-11-21-18-12-20-14(2)10-16(17)18/h4-7,10-12,21H,3,8-9H2,1-2H3. The number of aryl methyl sites for hydroxylation is 2. The summed E-state index contributed by atoms with van der Waals surface area (Å²) in [6.07, 6.45) is 7.94. The molecule has 21 heavy (non-hydrogen) atoms. The van der Waals surface area contributed by atoms with Crippen molar-refractivity contribution in [3.63, 3.8) is 0 Å². The number of pyridine rings is 1. The minimum Gasteiger partial charge on any atom is -0.360 e. The monoisotopic (exact) mass is 276 g/mol. The number of H-pyrrole nitrogens is 1. The third-order valence-electron chi connectivity index (χ3n) is 5.03. The topological polar surface area (TPSA) is 28.7 Å². The Morgan fingerprint density at radius 3 is 2.52 bits per heavy atom. The zero-order chi connectivity index (χ0) is 14.4. The van der Waals surface area contributed by atoms with Crippen LogP contribution in [0.2, 0.25) is 0 Å². The molecule has 0 saturated heterocycles. The van der Waals surface area contributed by atoms with Crippen LogP contribution in [0.15, 0.2) is 42.7 Å². The Labute approximate surface area is 125 Å². The maximum Gasteiger partial charge on any atom is 0.0643 e. The summed E-state index contributed by atoms with van der Waals surface area (Å²) in [6, 6.07) is 11.3. The molecule has 4 rings (SSSR count). The van der Waals surface area contributed by atoms with E-state index in [9.17, 15) is 0 Å². The van der Waals surface area contributed by atoms with Gasteiger partial charge in [0.05, 0.1) is 11.7 Å². The zero-order valence-electron chi connectivity index (χ0n) is 12.6. The number of hydrogen-bond donors (Lipinski definition) is 1. The van der Waals surface area contributed by atoms with Crippen LogP contribution in [-0.2, 0) is 5.41 Å². The van der Waals surface area contributed by atoms with Crippen molar-refractivity contribution in [2.75, 3.05) is 0 Å². The molecule has 1 fully saturated rings. The number of nitrogens with zero attached hydrogens (tertiary/aromatic N) is 1. The molecule has 106 valence electrons. The third-order valence-corrected chi connectivity index (χ3v) is 5.03. The van der Waals surface area contributed by atoms with E-state index in [0.29, 0.717) is 0 Å². The van der Waals surface area contributed by atoms with Crippen molar-refractivity contribution in [2.45, 2.75) is 38.5 Å². The highest BCUT2D eigenvalue weighted by Crippen LogP contribution is 2.50. The van der Waals surface area contributed by atoms with Crippen molar-refractivity contribution in [1.29, 1.82) is 0 Å². The smallest absolute Gasteiger partial charge is 0.0643 e. The fourth-order valence-electron chi connectivity index (χ4n) is 3.64. The van der Waals surface area contributed by atoms with Gasteiger partial charge in [-0.2, -0.15) is 0 Å². The molecule has 0 aliphatic heterocycles. The number of nitrogens with one attached hydrogen (secondary N) is 1. The molecule has 2 heterocycles. The summed E-state index contributed by atoms with van der Waals surface area (Å²) in [6.45, 7) is 4.22. The quantitative estimate of drug-likeness (QED) is 0.725. The van der Waals surface area contributed by atoms with Crippen molar-refractivity contribution in [2.24, 2.45) is 0 Å². The van der Waals surface area contributed by atoms with Crippen molar-refractivity contribution in [3.05, 3.63) is 65.1 Å². The molecule has 0 radical (unpaired) electrons. The number of hydrogen-bond acceptors (Lipinski definition) is 1. The Balaban J connectivity index is 1.92. The number of rotatable bonds is 2. The summed E-state index contributed by atoms with van der Waals surface area (Å²) in [4.78, 5) is 7.81. The first kappa shape index (κ1) is 12.6. The van der Waals surface area contributed by atoms with Crippen LogP contribution in [0.25, 0.3) is 10.9 Å². The molecule has 0 unspecified atom stereocenters. The van der Waals surface area contributed by atoms with Crippen LogP contribution in [0.1, 0.15) is 41.6 Å². The van der Waals surface area contributed by atoms with Gasteiger partial charge in [0.25, 0.3) is 0 Å². The molecule has 1 aromatic carbocycles. The minimum atomic E-state index is 0.194. The second-order valence-corrected chi connectivity index (χ2v) is 6.38. The number of benzene rings is 1. The van der Waals surface area contributed by atoms with Crippen LogP contribution in [0.3, 0.4) is 0 Å². The minimum absolute atomic E-state index is 0.194. The largest absolute Gasteiger partial charge is 0.360 e. The first-order valence-electron chi connectivity index (χ1n) is 7.70. The van der Waals surface area contributed by atoms with E-state index in [1.165, 1.54) is 41.3 Å². The number of aromatic nitrogens is 2. The molecule has 2 aromatic heterocycles. The van der Waals surface area contributed by atoms with Gasteiger partial charge in [0, 0.05) is 22.7 Å². The highest BCUT2D eigenvalue weighted by Gasteiger charge is 2.41. The predicted molar refractivity (Wildman–Crippen MR) is 86.6 cm³/mol. The summed E-state index contributed by atoms with van der Waals surface area (Å²) in [5, 5.41) is 1.34. The van der Waals surface area contributed by atoms with Crippen LogP contribution in [0.5, 0.6) is 0 Å². The van der Waals surface area contributed by atoms with Gasteiger partial charge in [-0.05, 0) is 43.9 Å². The van der Waals surface area contributed by atoms with Gasteiger partial charge >= 0.3 is 0 Å². The summed E-state index contributed by atoms with van der Waals surface area (Å²) >= 11 is 0. The zero-order valence-corrected chi connectivity index (χ0v) is 12.6. The molecule has 0 amide bonds. The molecular formula is C19H20N2. The van der Waals surface area contributed by atoms with Gasteiger partial charge < -0.3 is 4.98 Å². The van der Waals surface area contributed by atoms with Crippen molar-refractivity contribution in [1.82, 2.24) is 9.97 Å². The molecule has 0 bridgehead atoms. The van der Waals surface area contributed by atoms with Crippen LogP contribution >= 0.6 is 0 Å². The molecule has 1 aliphatic rings. The van der Waals surface area contributed by atoms with E-state index in [4.69, 9.17) is 0 Å². The lowest BCUT2D eigenvalue weighted by Gasteiger charge is -2.42. The normalized spacial score (nSPS) is 16.9. The summed E-state index contributed by atoms with van der Waals surface area (Å²) < 4.78 is 0. The van der Waals surface area contributed by atoms with Crippen LogP contribution in [0, 0.1) is 13.8 Å². The first-order chi connectivity index (χ1) is 10.2. The van der Waals surface area contributed by atoms with Crippen LogP contribution in [-0.4, -0.2) is 9.97 Å². The van der Waals surface area contributed by atoms with Gasteiger partial charge in [0.1, 0.15) is 0 Å². The fourth-order valence-corrected chi connectivity index (χ4v) is 3.64. The average molecular weight is 276 g/mol. The number of aromatic amines is 1. The Bertz CT molecular complexity index is 792. The summed E-state index contributed by atoms with van der Waals surface area (Å²) in [5.74, 6) is 0. The van der Waals surface area contributed by atoms with E-state index >= 15 is 0 Å². The third kappa shape index (κ3) is 1.82. The highest BCUT2D eigenvalue weighted by molar-refractivity contribution is 5.85. The van der Waals surface area contributed by atoms with Crippen molar-refractivity contribution in [3.8, 4) is 0 Å². The summed E-state index contributed by atoms with van der Waals surface area (Å²) in [5.41, 5.74) is 6.65. The van der Waals surface area contributed by atoms with Gasteiger partial charge in [-0.15, -0.1) is 0 Å². The molecule has 0 spiro atoms. The van der Waals surface area contributed by atoms with Gasteiger partial charge in [0.15, 0.2) is 0 Å². The van der Waals surface area contributed by atoms with Crippen LogP contribution in [0.4, 0.5) is 0 Å². The van der Waals surface area contributed by atoms with E-state index in [2.05, 4.69) is 60.3 Å². The Kier molecular flexibility index (Phi) is 2.68. The van der Waals surface area contributed by atoms with E-state index in [0.717, 1.165) is 11.2 Å².